The average molecular weight is 321 g/mol. The van der Waals surface area contributed by atoms with Gasteiger partial charge in [-0.1, -0.05) is 30.3 Å². The third-order valence-corrected chi connectivity index (χ3v) is 3.65. The molecule has 0 aromatic heterocycles. The van der Waals surface area contributed by atoms with Crippen molar-refractivity contribution in [1.29, 1.82) is 0 Å². The van der Waals surface area contributed by atoms with Crippen LogP contribution >= 0.6 is 0 Å². The summed E-state index contributed by atoms with van der Waals surface area (Å²) >= 11 is 0. The molecule has 0 bridgehead atoms. The Morgan fingerprint density at radius 2 is 1.96 bits per heavy atom. The van der Waals surface area contributed by atoms with Crippen LogP contribution in [0.25, 0.3) is 0 Å². The third-order valence-electron chi connectivity index (χ3n) is 3.65. The number of carbonyl (C=O) groups excluding carboxylic acids is 2. The van der Waals surface area contributed by atoms with Crippen LogP contribution in [0.1, 0.15) is 12.0 Å². The first-order valence-corrected chi connectivity index (χ1v) is 7.20. The van der Waals surface area contributed by atoms with Crippen LogP contribution < -0.4 is 11.1 Å². The minimum absolute atomic E-state index is 0.0436. The number of ether oxygens (including phenoxy) is 1. The molecule has 1 aliphatic heterocycles. The van der Waals surface area contributed by atoms with Gasteiger partial charge in [0.25, 0.3) is 0 Å². The van der Waals surface area contributed by atoms with Gasteiger partial charge in [-0.2, -0.15) is 0 Å². The molecule has 0 saturated carbocycles. The van der Waals surface area contributed by atoms with Gasteiger partial charge in [0.1, 0.15) is 6.61 Å². The predicted molar refractivity (Wildman–Crippen MR) is 80.4 cm³/mol. The number of primary amides is 1. The molecule has 0 spiro atoms. The van der Waals surface area contributed by atoms with Crippen molar-refractivity contribution in [1.82, 2.24) is 10.2 Å². The Hall–Kier alpha value is -2.77. The largest absolute Gasteiger partial charge is 0.481 e. The topological polar surface area (TPSA) is 122 Å². The molecule has 2 atom stereocenters. The summed E-state index contributed by atoms with van der Waals surface area (Å²) in [6.07, 6.45) is -0.436. The molecule has 124 valence electrons. The van der Waals surface area contributed by atoms with Crippen molar-refractivity contribution in [3.05, 3.63) is 35.9 Å². The fraction of sp³-hybridized carbons (Fsp3) is 0.400. The quantitative estimate of drug-likeness (QED) is 0.756. The van der Waals surface area contributed by atoms with E-state index in [1.807, 2.05) is 30.3 Å². The molecular weight excluding hydrogens is 302 g/mol. The fourth-order valence-corrected chi connectivity index (χ4v) is 2.49. The molecule has 1 aromatic carbocycles. The van der Waals surface area contributed by atoms with Crippen LogP contribution in [0, 0.1) is 5.92 Å². The summed E-state index contributed by atoms with van der Waals surface area (Å²) in [6, 6.07) is 7.95. The number of hydrogen-bond donors (Lipinski definition) is 3. The highest BCUT2D eigenvalue weighted by Crippen LogP contribution is 2.17. The lowest BCUT2D eigenvalue weighted by Crippen LogP contribution is -2.55. The van der Waals surface area contributed by atoms with Gasteiger partial charge in [0.2, 0.25) is 0 Å². The van der Waals surface area contributed by atoms with E-state index >= 15 is 0 Å². The average Bonchev–Trinajstić information content (AvgIpc) is 2.53. The number of nitrogens with two attached hydrogens (primary N) is 1. The number of hydrogen-bond acceptors (Lipinski definition) is 4. The molecular formula is C15H19N3O5. The van der Waals surface area contributed by atoms with E-state index in [1.54, 1.807) is 0 Å². The number of carboxylic acids is 1. The zero-order chi connectivity index (χ0) is 16.8. The van der Waals surface area contributed by atoms with Crippen molar-refractivity contribution < 1.29 is 24.2 Å². The number of carbonyl (C=O) groups is 3. The summed E-state index contributed by atoms with van der Waals surface area (Å²) in [5, 5.41) is 11.7. The maximum absolute atomic E-state index is 11.8. The standard InChI is InChI=1S/C15H19N3O5/c16-14(21)18-7-11(13(19)20)6-12(8-18)17-15(22)23-9-10-4-2-1-3-5-10/h1-5,11-12H,6-9H2,(H2,16,21)(H,17,22)(H,19,20). The number of amides is 3. The van der Waals surface area contributed by atoms with Gasteiger partial charge >= 0.3 is 18.1 Å². The Morgan fingerprint density at radius 1 is 1.26 bits per heavy atom. The Morgan fingerprint density at radius 3 is 2.57 bits per heavy atom. The van der Waals surface area contributed by atoms with Gasteiger partial charge in [0, 0.05) is 13.1 Å². The van der Waals surface area contributed by atoms with E-state index in [1.165, 1.54) is 4.90 Å². The molecule has 23 heavy (non-hydrogen) atoms. The van der Waals surface area contributed by atoms with Crippen molar-refractivity contribution in [3.63, 3.8) is 0 Å². The van der Waals surface area contributed by atoms with Gasteiger partial charge < -0.3 is 25.8 Å². The van der Waals surface area contributed by atoms with Gasteiger partial charge in [-0.3, -0.25) is 4.79 Å². The number of piperidine rings is 1. The molecule has 2 rings (SSSR count). The molecule has 8 nitrogen and oxygen atoms in total. The second-order valence-electron chi connectivity index (χ2n) is 5.42. The summed E-state index contributed by atoms with van der Waals surface area (Å²) in [7, 11) is 0. The molecule has 4 N–H and O–H groups in total. The zero-order valence-electron chi connectivity index (χ0n) is 12.5. The van der Waals surface area contributed by atoms with E-state index in [0.717, 1.165) is 5.56 Å². The highest BCUT2D eigenvalue weighted by Gasteiger charge is 2.34. The van der Waals surface area contributed by atoms with Crippen LogP contribution in [0.3, 0.4) is 0 Å². The van der Waals surface area contributed by atoms with Gasteiger partial charge in [0.05, 0.1) is 12.0 Å². The summed E-state index contributed by atoms with van der Waals surface area (Å²) in [5.41, 5.74) is 6.05. The number of alkyl carbamates (subject to hydrolysis) is 1. The van der Waals surface area contributed by atoms with E-state index in [-0.39, 0.29) is 26.1 Å². The smallest absolute Gasteiger partial charge is 0.407 e. The first kappa shape index (κ1) is 16.6. The number of benzene rings is 1. The highest BCUT2D eigenvalue weighted by molar-refractivity contribution is 5.76. The first-order valence-electron chi connectivity index (χ1n) is 7.20. The molecule has 1 fully saturated rings. The number of urea groups is 1. The van der Waals surface area contributed by atoms with Crippen LogP contribution in [0.4, 0.5) is 9.59 Å². The van der Waals surface area contributed by atoms with Gasteiger partial charge in [-0.05, 0) is 12.0 Å². The van der Waals surface area contributed by atoms with Crippen LogP contribution in [0.2, 0.25) is 0 Å². The minimum atomic E-state index is -1.03. The SMILES string of the molecule is NC(=O)N1CC(NC(=O)OCc2ccccc2)CC(C(=O)O)C1. The lowest BCUT2D eigenvalue weighted by atomic mass is 9.94. The minimum Gasteiger partial charge on any atom is -0.481 e. The summed E-state index contributed by atoms with van der Waals surface area (Å²) < 4.78 is 5.09. The Labute approximate surface area is 133 Å². The number of nitrogens with one attached hydrogen (secondary N) is 1. The maximum Gasteiger partial charge on any atom is 0.407 e. The normalized spacial score (nSPS) is 20.6. The lowest BCUT2D eigenvalue weighted by molar-refractivity contribution is -0.143. The molecule has 0 radical (unpaired) electrons. The third kappa shape index (κ3) is 4.87. The van der Waals surface area contributed by atoms with Crippen LogP contribution in [0.5, 0.6) is 0 Å². The zero-order valence-corrected chi connectivity index (χ0v) is 12.5. The van der Waals surface area contributed by atoms with E-state index in [9.17, 15) is 14.4 Å². The van der Waals surface area contributed by atoms with Gasteiger partial charge in [0.15, 0.2) is 0 Å². The molecule has 1 saturated heterocycles. The van der Waals surface area contributed by atoms with E-state index in [2.05, 4.69) is 5.32 Å². The molecule has 1 heterocycles. The molecule has 1 aromatic rings. The van der Waals surface area contributed by atoms with E-state index in [0.29, 0.717) is 0 Å². The number of aliphatic carboxylic acids is 1. The number of nitrogens with zero attached hydrogens (tertiary/aromatic N) is 1. The van der Waals surface area contributed by atoms with Crippen molar-refractivity contribution in [2.45, 2.75) is 19.1 Å². The molecule has 3 amide bonds. The van der Waals surface area contributed by atoms with Crippen LogP contribution in [-0.2, 0) is 16.1 Å². The van der Waals surface area contributed by atoms with Crippen LogP contribution in [-0.4, -0.2) is 47.2 Å². The fourth-order valence-electron chi connectivity index (χ4n) is 2.49. The van der Waals surface area contributed by atoms with Crippen LogP contribution in [0.15, 0.2) is 30.3 Å². The van der Waals surface area contributed by atoms with E-state index in [4.69, 9.17) is 15.6 Å². The summed E-state index contributed by atoms with van der Waals surface area (Å²) in [5.74, 6) is -1.80. The van der Waals surface area contributed by atoms with Gasteiger partial charge in [-0.15, -0.1) is 0 Å². The van der Waals surface area contributed by atoms with Crippen molar-refractivity contribution >= 4 is 18.1 Å². The lowest BCUT2D eigenvalue weighted by Gasteiger charge is -2.35. The molecule has 1 aliphatic rings. The maximum atomic E-state index is 11.8. The second kappa shape index (κ2) is 7.48. The predicted octanol–water partition coefficient (Wildman–Crippen LogP) is 0.767. The number of carboxylic acid groups (broad SMARTS) is 1. The molecule has 8 heteroatoms. The first-order chi connectivity index (χ1) is 11.0. The summed E-state index contributed by atoms with van der Waals surface area (Å²) in [4.78, 5) is 35.5. The number of rotatable bonds is 4. The van der Waals surface area contributed by atoms with Crippen molar-refractivity contribution in [2.75, 3.05) is 13.1 Å². The highest BCUT2D eigenvalue weighted by atomic mass is 16.5. The van der Waals surface area contributed by atoms with Gasteiger partial charge in [-0.25, -0.2) is 9.59 Å². The summed E-state index contributed by atoms with van der Waals surface area (Å²) in [6.45, 7) is 0.322. The van der Waals surface area contributed by atoms with Crippen molar-refractivity contribution in [2.24, 2.45) is 11.7 Å². The Bertz CT molecular complexity index is 556. The molecule has 2 unspecified atom stereocenters. The van der Waals surface area contributed by atoms with Crippen molar-refractivity contribution in [3.8, 4) is 0 Å². The Kier molecular flexibility index (Phi) is 5.40. The Balaban J connectivity index is 1.88. The second-order valence-corrected chi connectivity index (χ2v) is 5.42. The monoisotopic (exact) mass is 321 g/mol. The van der Waals surface area contributed by atoms with E-state index < -0.39 is 30.1 Å². The molecule has 0 aliphatic carbocycles. The number of likely N-dealkylation sites (tertiary alicyclic amines) is 1.